The molecule has 0 aliphatic heterocycles. The Kier molecular flexibility index (Phi) is 8.42. The van der Waals surface area contributed by atoms with Gasteiger partial charge in [-0.2, -0.15) is 0 Å². The molecule has 2 bridgehead atoms. The number of fused-ring (bicyclic) bond motifs is 2. The van der Waals surface area contributed by atoms with Gasteiger partial charge in [0, 0.05) is 33.1 Å². The smallest absolute Gasteiger partial charge is 0.318 e. The summed E-state index contributed by atoms with van der Waals surface area (Å²) in [6.07, 6.45) is 11.9. The maximum atomic E-state index is 15.1. The van der Waals surface area contributed by atoms with Crippen LogP contribution in [0.25, 0.3) is 10.1 Å². The third-order valence-corrected chi connectivity index (χ3v) is 16.3. The van der Waals surface area contributed by atoms with Crippen LogP contribution in [0.5, 0.6) is 0 Å². The number of benzene rings is 3. The predicted octanol–water partition coefficient (Wildman–Crippen LogP) is 9.65. The van der Waals surface area contributed by atoms with Gasteiger partial charge in [-0.05, 0) is 97.8 Å². The van der Waals surface area contributed by atoms with Crippen molar-refractivity contribution in [3.63, 3.8) is 0 Å². The maximum Gasteiger partial charge on any atom is 0.318 e. The lowest BCUT2D eigenvalue weighted by molar-refractivity contribution is -0.174. The van der Waals surface area contributed by atoms with E-state index in [-0.39, 0.29) is 47.1 Å². The van der Waals surface area contributed by atoms with Crippen molar-refractivity contribution in [1.82, 2.24) is 10.2 Å². The molecule has 1 aromatic heterocycles. The number of carbonyl (C=O) groups is 2. The Morgan fingerprint density at radius 3 is 2.30 bits per heavy atom. The molecular weight excluding hydrogens is 689 g/mol. The van der Waals surface area contributed by atoms with Crippen LogP contribution in [0.15, 0.2) is 115 Å². The van der Waals surface area contributed by atoms with Crippen molar-refractivity contribution in [2.45, 2.75) is 90.0 Å². The second-order valence-corrected chi connectivity index (χ2v) is 18.8. The van der Waals surface area contributed by atoms with E-state index in [0.717, 1.165) is 63.8 Å². The van der Waals surface area contributed by atoms with E-state index < -0.39 is 22.5 Å². The third-order valence-electron chi connectivity index (χ3n) is 15.2. The molecule has 6 aliphatic rings. The first-order valence-electron chi connectivity index (χ1n) is 19.9. The van der Waals surface area contributed by atoms with Crippen molar-refractivity contribution in [1.29, 1.82) is 0 Å². The van der Waals surface area contributed by atoms with E-state index in [0.29, 0.717) is 19.4 Å². The summed E-state index contributed by atoms with van der Waals surface area (Å²) < 4.78 is 1.10. The molecule has 2 spiro atoms. The van der Waals surface area contributed by atoms with Crippen LogP contribution < -0.4 is 5.32 Å². The number of hydrogen-bond acceptors (Lipinski definition) is 5. The first kappa shape index (κ1) is 35.6. The number of hydrogen-bond donors (Lipinski definition) is 3. The molecule has 3 saturated carbocycles. The first-order chi connectivity index (χ1) is 25.9. The SMILES string of the molecule is C[C@@H](NC(=O)N(Cc1ccccc1)C[C@]1(O)CC[C@H]2[C@]34C=C[C@@]5(C=C3C(=O)c3cc6ccccc6s3)CC(O)CC[C@]5(C)[C@H]4CC[C@@]21C)c1ccccc1. The lowest BCUT2D eigenvalue weighted by Gasteiger charge is -2.71. The molecule has 3 N–H and O–H groups in total. The minimum absolute atomic E-state index is 0.00133. The van der Waals surface area contributed by atoms with Gasteiger partial charge in [-0.25, -0.2) is 4.79 Å². The molecule has 10 rings (SSSR count). The third kappa shape index (κ3) is 5.17. The number of nitrogens with zero attached hydrogens (tertiary/aromatic N) is 1. The highest BCUT2D eigenvalue weighted by Crippen LogP contribution is 2.78. The Bertz CT molecular complexity index is 2130. The molecule has 3 fully saturated rings. The van der Waals surface area contributed by atoms with Crippen LogP contribution in [0.1, 0.15) is 92.6 Å². The van der Waals surface area contributed by atoms with Gasteiger partial charge in [0.1, 0.15) is 0 Å². The summed E-state index contributed by atoms with van der Waals surface area (Å²) in [6.45, 7) is 7.25. The highest BCUT2D eigenvalue weighted by Gasteiger charge is 2.74. The molecule has 6 nitrogen and oxygen atoms in total. The van der Waals surface area contributed by atoms with Crippen molar-refractivity contribution >= 4 is 33.2 Å². The standard InChI is InChI=1S/C47H52N2O4S/c1-31(33-14-8-5-9-15-33)48-42(52)49(29-32-12-6-4-7-13-32)30-46(53)23-20-40-44(46,3)22-19-39-43(2)21-18-35(50)27-45(43)24-25-47(39,40)36(28-45)41(51)38-26-34-16-10-11-17-37(34)54-38/h4-17,24-26,28,31,35,39-40,50,53H,18-23,27,29-30H2,1-3H3,(H,48,52)/t31-,35?,39-,40-,43-,44+,45+,46-,47-/m1/s1. The zero-order valence-corrected chi connectivity index (χ0v) is 32.4. The van der Waals surface area contributed by atoms with Crippen LogP contribution in [0.2, 0.25) is 0 Å². The Hall–Kier alpha value is -4.04. The molecule has 4 aromatic rings. The fourth-order valence-electron chi connectivity index (χ4n) is 12.2. The fourth-order valence-corrected chi connectivity index (χ4v) is 13.3. The van der Waals surface area contributed by atoms with Crippen molar-refractivity contribution in [3.05, 3.63) is 131 Å². The molecule has 0 saturated heterocycles. The van der Waals surface area contributed by atoms with Crippen LogP contribution in [0, 0.1) is 33.5 Å². The van der Waals surface area contributed by atoms with E-state index in [1.165, 1.54) is 0 Å². The number of thiophene rings is 1. The molecule has 9 atom stereocenters. The van der Waals surface area contributed by atoms with Crippen molar-refractivity contribution in [3.8, 4) is 0 Å². The summed E-state index contributed by atoms with van der Waals surface area (Å²) in [7, 11) is 0. The number of rotatable bonds is 8. The Morgan fingerprint density at radius 1 is 0.870 bits per heavy atom. The van der Waals surface area contributed by atoms with Gasteiger partial charge in [-0.1, -0.05) is 111 Å². The van der Waals surface area contributed by atoms with Gasteiger partial charge in [0.25, 0.3) is 0 Å². The van der Waals surface area contributed by atoms with Gasteiger partial charge in [-0.15, -0.1) is 11.3 Å². The van der Waals surface area contributed by atoms with Gasteiger partial charge < -0.3 is 20.4 Å². The topological polar surface area (TPSA) is 89.9 Å². The highest BCUT2D eigenvalue weighted by atomic mass is 32.1. The van der Waals surface area contributed by atoms with Crippen molar-refractivity contribution < 1.29 is 19.8 Å². The van der Waals surface area contributed by atoms with Gasteiger partial charge in [0.2, 0.25) is 0 Å². The van der Waals surface area contributed by atoms with Crippen LogP contribution in [-0.2, 0) is 6.54 Å². The van der Waals surface area contributed by atoms with E-state index in [1.807, 2.05) is 84.6 Å². The number of aliphatic hydroxyl groups excluding tert-OH is 1. The second kappa shape index (κ2) is 12.8. The first-order valence-corrected chi connectivity index (χ1v) is 20.7. The number of Topliss-reactive ketones (excluding diaryl/α,β-unsaturated/α-hetero) is 1. The van der Waals surface area contributed by atoms with Crippen LogP contribution in [0.3, 0.4) is 0 Å². The van der Waals surface area contributed by atoms with E-state index >= 15 is 4.79 Å². The average Bonchev–Trinajstić information content (AvgIpc) is 3.73. The molecule has 7 heteroatoms. The minimum atomic E-state index is -1.17. The fraction of sp³-hybridized carbons (Fsp3) is 0.447. The van der Waals surface area contributed by atoms with E-state index in [4.69, 9.17) is 0 Å². The van der Waals surface area contributed by atoms with E-state index in [2.05, 4.69) is 55.6 Å². The van der Waals surface area contributed by atoms with Gasteiger partial charge >= 0.3 is 6.03 Å². The summed E-state index contributed by atoms with van der Waals surface area (Å²) in [4.78, 5) is 32.0. The summed E-state index contributed by atoms with van der Waals surface area (Å²) in [6, 6.07) is 29.9. The molecule has 0 radical (unpaired) electrons. The van der Waals surface area contributed by atoms with E-state index in [1.54, 1.807) is 11.3 Å². The molecule has 54 heavy (non-hydrogen) atoms. The van der Waals surface area contributed by atoms with Crippen LogP contribution >= 0.6 is 11.3 Å². The Labute approximate surface area is 323 Å². The molecule has 1 unspecified atom stereocenters. The van der Waals surface area contributed by atoms with Gasteiger partial charge in [-0.3, -0.25) is 4.79 Å². The number of ketones is 1. The normalized spacial score (nSPS) is 35.4. The molecule has 3 aromatic carbocycles. The number of nitrogens with one attached hydrogen (secondary N) is 1. The quantitative estimate of drug-likeness (QED) is 0.124. The van der Waals surface area contributed by atoms with Crippen molar-refractivity contribution in [2.24, 2.45) is 33.5 Å². The number of amides is 2. The van der Waals surface area contributed by atoms with Gasteiger partial charge in [0.05, 0.1) is 29.2 Å². The number of aliphatic hydroxyl groups is 2. The summed E-state index contributed by atoms with van der Waals surface area (Å²) >= 11 is 1.56. The number of urea groups is 1. The Balaban J connectivity index is 1.10. The lowest BCUT2D eigenvalue weighted by atomic mass is 9.32. The average molecular weight is 741 g/mol. The maximum absolute atomic E-state index is 15.1. The monoisotopic (exact) mass is 740 g/mol. The largest absolute Gasteiger partial charge is 0.393 e. The molecule has 280 valence electrons. The lowest BCUT2D eigenvalue weighted by Crippen LogP contribution is -2.67. The zero-order valence-electron chi connectivity index (χ0n) is 31.6. The number of allylic oxidation sites excluding steroid dienone is 4. The molecule has 1 heterocycles. The molecule has 2 amide bonds. The van der Waals surface area contributed by atoms with Crippen molar-refractivity contribution in [2.75, 3.05) is 6.54 Å². The second-order valence-electron chi connectivity index (χ2n) is 17.7. The summed E-state index contributed by atoms with van der Waals surface area (Å²) in [5.41, 5.74) is 0.113. The predicted molar refractivity (Wildman–Crippen MR) is 215 cm³/mol. The van der Waals surface area contributed by atoms with E-state index in [9.17, 15) is 15.0 Å². The van der Waals surface area contributed by atoms with Gasteiger partial charge in [0.15, 0.2) is 5.78 Å². The molecular formula is C47H52N2O4S. The summed E-state index contributed by atoms with van der Waals surface area (Å²) in [5, 5.41) is 28.6. The number of carbonyl (C=O) groups excluding carboxylic acids is 2. The minimum Gasteiger partial charge on any atom is -0.393 e. The summed E-state index contributed by atoms with van der Waals surface area (Å²) in [5.74, 6) is 0.296. The Morgan fingerprint density at radius 2 is 1.54 bits per heavy atom. The zero-order chi connectivity index (χ0) is 37.5. The van der Waals surface area contributed by atoms with Crippen LogP contribution in [0.4, 0.5) is 4.79 Å². The van der Waals surface area contributed by atoms with Crippen LogP contribution in [-0.4, -0.2) is 45.2 Å². The molecule has 6 aliphatic carbocycles. The highest BCUT2D eigenvalue weighted by molar-refractivity contribution is 7.21.